The summed E-state index contributed by atoms with van der Waals surface area (Å²) in [5.74, 6) is 0.853. The number of rotatable bonds is 5. The molecular formula is C18H27IN4O3S. The highest BCUT2D eigenvalue weighted by atomic mass is 127. The quantitative estimate of drug-likeness (QED) is 0.357. The Morgan fingerprint density at radius 1 is 1.33 bits per heavy atom. The third-order valence-corrected chi connectivity index (χ3v) is 6.44. The van der Waals surface area contributed by atoms with Gasteiger partial charge in [-0.05, 0) is 31.4 Å². The molecule has 1 amide bonds. The lowest BCUT2D eigenvalue weighted by molar-refractivity contribution is -0.121. The Labute approximate surface area is 177 Å². The molecule has 1 unspecified atom stereocenters. The minimum absolute atomic E-state index is 0. The average Bonchev–Trinajstić information content (AvgIpc) is 3.17. The first-order chi connectivity index (χ1) is 12.5. The molecule has 2 N–H and O–H groups in total. The van der Waals surface area contributed by atoms with Gasteiger partial charge >= 0.3 is 0 Å². The fourth-order valence-electron chi connectivity index (χ4n) is 3.43. The van der Waals surface area contributed by atoms with Gasteiger partial charge in [0.25, 0.3) is 0 Å². The third kappa shape index (κ3) is 5.81. The van der Waals surface area contributed by atoms with Crippen molar-refractivity contribution >= 4 is 51.4 Å². The summed E-state index contributed by atoms with van der Waals surface area (Å²) in [6.45, 7) is 4.01. The largest absolute Gasteiger partial charge is 0.356 e. The summed E-state index contributed by atoms with van der Waals surface area (Å²) in [4.78, 5) is 18.8. The van der Waals surface area contributed by atoms with Crippen molar-refractivity contribution < 1.29 is 13.2 Å². The zero-order valence-corrected chi connectivity index (χ0v) is 18.6. The number of carbonyl (C=O) groups excluding carboxylic acids is 1. The van der Waals surface area contributed by atoms with Crippen LogP contribution in [-0.4, -0.2) is 57.5 Å². The normalized spacial score (nSPS) is 20.7. The van der Waals surface area contributed by atoms with Crippen molar-refractivity contribution in [1.82, 2.24) is 10.6 Å². The van der Waals surface area contributed by atoms with Crippen LogP contribution < -0.4 is 15.5 Å². The SMILES string of the molecule is CCNC(=NCCC(=O)NC1CCS(=O)(=O)C1)N1CCc2ccccc21.I. The molecule has 27 heavy (non-hydrogen) atoms. The second-order valence-electron chi connectivity index (χ2n) is 6.68. The van der Waals surface area contributed by atoms with Crippen LogP contribution in [0, 0.1) is 0 Å². The van der Waals surface area contributed by atoms with Crippen LogP contribution in [-0.2, 0) is 21.1 Å². The van der Waals surface area contributed by atoms with Gasteiger partial charge in [-0.15, -0.1) is 24.0 Å². The number of sulfone groups is 1. The van der Waals surface area contributed by atoms with E-state index in [1.807, 2.05) is 19.1 Å². The van der Waals surface area contributed by atoms with Gasteiger partial charge in [0.05, 0.1) is 18.1 Å². The smallest absolute Gasteiger partial charge is 0.222 e. The maximum atomic E-state index is 12.1. The van der Waals surface area contributed by atoms with Gasteiger partial charge < -0.3 is 15.5 Å². The van der Waals surface area contributed by atoms with Crippen LogP contribution in [0.3, 0.4) is 0 Å². The summed E-state index contributed by atoms with van der Waals surface area (Å²) >= 11 is 0. The number of anilines is 1. The number of nitrogens with one attached hydrogen (secondary N) is 2. The van der Waals surface area contributed by atoms with Crippen molar-refractivity contribution in [1.29, 1.82) is 0 Å². The summed E-state index contributed by atoms with van der Waals surface area (Å²) in [6.07, 6.45) is 1.74. The number of amides is 1. The Balaban J connectivity index is 0.00000261. The van der Waals surface area contributed by atoms with E-state index in [1.165, 1.54) is 5.56 Å². The van der Waals surface area contributed by atoms with Crippen molar-refractivity contribution in [2.75, 3.05) is 36.0 Å². The zero-order valence-electron chi connectivity index (χ0n) is 15.5. The van der Waals surface area contributed by atoms with Gasteiger partial charge in [-0.3, -0.25) is 9.79 Å². The molecule has 0 aromatic heterocycles. The van der Waals surface area contributed by atoms with Gasteiger partial charge in [0.15, 0.2) is 15.8 Å². The standard InChI is InChI=1S/C18H26N4O3S.HI/c1-2-19-18(22-11-8-14-5-3-4-6-16(14)22)20-10-7-17(23)21-15-9-12-26(24,25)13-15;/h3-6,15H,2,7-13H2,1H3,(H,19,20)(H,21,23);1H. The van der Waals surface area contributed by atoms with Crippen LogP contribution in [0.5, 0.6) is 0 Å². The molecule has 1 fully saturated rings. The van der Waals surface area contributed by atoms with E-state index < -0.39 is 9.84 Å². The minimum Gasteiger partial charge on any atom is -0.356 e. The monoisotopic (exact) mass is 506 g/mol. The summed E-state index contributed by atoms with van der Waals surface area (Å²) in [6, 6.07) is 8.02. The first kappa shape index (κ1) is 21.9. The molecule has 2 aliphatic heterocycles. The molecule has 7 nitrogen and oxygen atoms in total. The molecular weight excluding hydrogens is 479 g/mol. The predicted octanol–water partition coefficient (Wildman–Crippen LogP) is 1.33. The molecule has 0 saturated carbocycles. The lowest BCUT2D eigenvalue weighted by Crippen LogP contribution is -2.41. The highest BCUT2D eigenvalue weighted by molar-refractivity contribution is 14.0. The molecule has 2 aliphatic rings. The Morgan fingerprint density at radius 2 is 2.11 bits per heavy atom. The number of aliphatic imine (C=N–C) groups is 1. The molecule has 1 atom stereocenters. The molecule has 150 valence electrons. The molecule has 1 aromatic carbocycles. The Hall–Kier alpha value is -1.36. The highest BCUT2D eigenvalue weighted by Crippen LogP contribution is 2.27. The number of benzene rings is 1. The molecule has 0 radical (unpaired) electrons. The van der Waals surface area contributed by atoms with Gasteiger partial charge in [0, 0.05) is 31.2 Å². The fourth-order valence-corrected chi connectivity index (χ4v) is 5.10. The van der Waals surface area contributed by atoms with Crippen molar-refractivity contribution in [3.8, 4) is 0 Å². The number of hydrogen-bond acceptors (Lipinski definition) is 4. The first-order valence-electron chi connectivity index (χ1n) is 9.12. The van der Waals surface area contributed by atoms with Gasteiger partial charge in [-0.1, -0.05) is 18.2 Å². The predicted molar refractivity (Wildman–Crippen MR) is 119 cm³/mol. The van der Waals surface area contributed by atoms with E-state index in [4.69, 9.17) is 0 Å². The summed E-state index contributed by atoms with van der Waals surface area (Å²) in [5.41, 5.74) is 2.46. The third-order valence-electron chi connectivity index (χ3n) is 4.68. The summed E-state index contributed by atoms with van der Waals surface area (Å²) in [5, 5.41) is 6.09. The van der Waals surface area contributed by atoms with Gasteiger partial charge in [0.2, 0.25) is 5.91 Å². The molecule has 1 aromatic rings. The van der Waals surface area contributed by atoms with Crippen LogP contribution in [0.4, 0.5) is 5.69 Å². The maximum absolute atomic E-state index is 12.1. The van der Waals surface area contributed by atoms with Gasteiger partial charge in [0.1, 0.15) is 0 Å². The van der Waals surface area contributed by atoms with Crippen LogP contribution in [0.2, 0.25) is 0 Å². The molecule has 0 aliphatic carbocycles. The van der Waals surface area contributed by atoms with Crippen molar-refractivity contribution in [3.05, 3.63) is 29.8 Å². The molecule has 0 bridgehead atoms. The number of fused-ring (bicyclic) bond motifs is 1. The Morgan fingerprint density at radius 3 is 2.81 bits per heavy atom. The fraction of sp³-hybridized carbons (Fsp3) is 0.556. The number of guanidine groups is 1. The topological polar surface area (TPSA) is 90.9 Å². The lowest BCUT2D eigenvalue weighted by atomic mass is 10.2. The van der Waals surface area contributed by atoms with E-state index in [2.05, 4.69) is 32.7 Å². The molecule has 9 heteroatoms. The Bertz CT molecular complexity index is 798. The van der Waals surface area contributed by atoms with E-state index >= 15 is 0 Å². The number of halogens is 1. The summed E-state index contributed by atoms with van der Waals surface area (Å²) in [7, 11) is -2.98. The number of hydrogen-bond donors (Lipinski definition) is 2. The second-order valence-corrected chi connectivity index (χ2v) is 8.91. The maximum Gasteiger partial charge on any atom is 0.222 e. The van der Waals surface area contributed by atoms with E-state index in [0.717, 1.165) is 31.2 Å². The zero-order chi connectivity index (χ0) is 18.6. The van der Waals surface area contributed by atoms with Crippen molar-refractivity contribution in [2.24, 2.45) is 4.99 Å². The molecule has 2 heterocycles. The first-order valence-corrected chi connectivity index (χ1v) is 10.9. The summed E-state index contributed by atoms with van der Waals surface area (Å²) < 4.78 is 22.9. The van der Waals surface area contributed by atoms with E-state index in [-0.39, 0.29) is 53.9 Å². The Kier molecular flexibility index (Phi) is 7.90. The second kappa shape index (κ2) is 9.72. The van der Waals surface area contributed by atoms with Crippen molar-refractivity contribution in [3.63, 3.8) is 0 Å². The number of carbonyl (C=O) groups is 1. The van der Waals surface area contributed by atoms with E-state index in [9.17, 15) is 13.2 Å². The van der Waals surface area contributed by atoms with Crippen LogP contribution in [0.25, 0.3) is 0 Å². The lowest BCUT2D eigenvalue weighted by Gasteiger charge is -2.22. The van der Waals surface area contributed by atoms with Crippen LogP contribution in [0.1, 0.15) is 25.3 Å². The van der Waals surface area contributed by atoms with Crippen LogP contribution in [0.15, 0.2) is 29.3 Å². The van der Waals surface area contributed by atoms with Crippen LogP contribution >= 0.6 is 24.0 Å². The number of nitrogens with zero attached hydrogens (tertiary/aromatic N) is 2. The highest BCUT2D eigenvalue weighted by Gasteiger charge is 2.28. The number of para-hydroxylation sites is 1. The molecule has 3 rings (SSSR count). The van der Waals surface area contributed by atoms with Crippen molar-refractivity contribution in [2.45, 2.75) is 32.2 Å². The van der Waals surface area contributed by atoms with Gasteiger partial charge in [-0.2, -0.15) is 0 Å². The molecule has 0 spiro atoms. The van der Waals surface area contributed by atoms with E-state index in [0.29, 0.717) is 13.0 Å². The molecule has 1 saturated heterocycles. The minimum atomic E-state index is -2.98. The average molecular weight is 506 g/mol. The van der Waals surface area contributed by atoms with E-state index in [1.54, 1.807) is 0 Å². The van der Waals surface area contributed by atoms with Gasteiger partial charge in [-0.25, -0.2) is 8.42 Å².